The molecular formula is C19H17N5O4. The highest BCUT2D eigenvalue weighted by Crippen LogP contribution is 2.24. The Kier molecular flexibility index (Phi) is 4.40. The predicted octanol–water partition coefficient (Wildman–Crippen LogP) is 2.14. The first-order chi connectivity index (χ1) is 13.6. The minimum atomic E-state index is -0.586. The zero-order valence-corrected chi connectivity index (χ0v) is 15.2. The SMILES string of the molecule is COC(=O)c1cc2c(O)nc(-c3cnn(Cc4ccc(OC)cc4)c3)cn2n1. The number of methoxy groups -OCH3 is 2. The molecule has 4 rings (SSSR count). The van der Waals surface area contributed by atoms with Gasteiger partial charge in [0.25, 0.3) is 0 Å². The van der Waals surface area contributed by atoms with Gasteiger partial charge in [-0.3, -0.25) is 4.68 Å². The highest BCUT2D eigenvalue weighted by Gasteiger charge is 2.16. The number of aromatic hydroxyl groups is 1. The van der Waals surface area contributed by atoms with E-state index in [1.807, 2.05) is 30.5 Å². The van der Waals surface area contributed by atoms with Gasteiger partial charge < -0.3 is 14.6 Å². The maximum atomic E-state index is 11.6. The molecule has 3 heterocycles. The second kappa shape index (κ2) is 7.03. The first-order valence-corrected chi connectivity index (χ1v) is 8.41. The number of rotatable bonds is 5. The zero-order chi connectivity index (χ0) is 19.7. The number of carbonyl (C=O) groups excluding carboxylic acids is 1. The molecule has 0 aliphatic heterocycles. The molecule has 0 atom stereocenters. The molecule has 28 heavy (non-hydrogen) atoms. The first kappa shape index (κ1) is 17.5. The van der Waals surface area contributed by atoms with Crippen molar-refractivity contribution in [1.82, 2.24) is 24.4 Å². The lowest BCUT2D eigenvalue weighted by Crippen LogP contribution is -2.02. The van der Waals surface area contributed by atoms with Crippen molar-refractivity contribution >= 4 is 11.5 Å². The van der Waals surface area contributed by atoms with Gasteiger partial charge in [0, 0.05) is 17.8 Å². The Bertz CT molecular complexity index is 1150. The van der Waals surface area contributed by atoms with E-state index in [-0.39, 0.29) is 11.6 Å². The molecule has 0 saturated carbocycles. The summed E-state index contributed by atoms with van der Waals surface area (Å²) >= 11 is 0. The van der Waals surface area contributed by atoms with Gasteiger partial charge in [-0.15, -0.1) is 0 Å². The first-order valence-electron chi connectivity index (χ1n) is 8.41. The van der Waals surface area contributed by atoms with Gasteiger partial charge in [0.1, 0.15) is 11.3 Å². The molecule has 9 heteroatoms. The van der Waals surface area contributed by atoms with Crippen LogP contribution in [-0.2, 0) is 11.3 Å². The highest BCUT2D eigenvalue weighted by molar-refractivity contribution is 5.89. The van der Waals surface area contributed by atoms with Crippen molar-refractivity contribution in [2.45, 2.75) is 6.54 Å². The number of esters is 1. The van der Waals surface area contributed by atoms with Crippen molar-refractivity contribution < 1.29 is 19.4 Å². The van der Waals surface area contributed by atoms with Crippen molar-refractivity contribution in [1.29, 1.82) is 0 Å². The van der Waals surface area contributed by atoms with Crippen molar-refractivity contribution in [2.24, 2.45) is 0 Å². The number of aromatic nitrogens is 5. The molecule has 9 nitrogen and oxygen atoms in total. The molecule has 0 saturated heterocycles. The van der Waals surface area contributed by atoms with Crippen LogP contribution in [0.15, 0.2) is 48.9 Å². The summed E-state index contributed by atoms with van der Waals surface area (Å²) in [5, 5.41) is 18.7. The van der Waals surface area contributed by atoms with Gasteiger partial charge in [-0.25, -0.2) is 14.3 Å². The van der Waals surface area contributed by atoms with Gasteiger partial charge in [-0.2, -0.15) is 10.2 Å². The van der Waals surface area contributed by atoms with E-state index in [9.17, 15) is 9.90 Å². The maximum Gasteiger partial charge on any atom is 0.358 e. The fourth-order valence-corrected chi connectivity index (χ4v) is 2.82. The van der Waals surface area contributed by atoms with E-state index in [1.165, 1.54) is 17.7 Å². The van der Waals surface area contributed by atoms with Crippen molar-refractivity contribution in [3.63, 3.8) is 0 Å². The highest BCUT2D eigenvalue weighted by atomic mass is 16.5. The van der Waals surface area contributed by atoms with Gasteiger partial charge in [-0.1, -0.05) is 12.1 Å². The largest absolute Gasteiger partial charge is 0.497 e. The van der Waals surface area contributed by atoms with Gasteiger partial charge >= 0.3 is 5.97 Å². The summed E-state index contributed by atoms with van der Waals surface area (Å²) in [4.78, 5) is 15.8. The minimum Gasteiger partial charge on any atom is -0.497 e. The fourth-order valence-electron chi connectivity index (χ4n) is 2.82. The Hall–Kier alpha value is -3.88. The summed E-state index contributed by atoms with van der Waals surface area (Å²) in [5.41, 5.74) is 2.66. The average molecular weight is 379 g/mol. The van der Waals surface area contributed by atoms with Crippen LogP contribution < -0.4 is 4.74 Å². The van der Waals surface area contributed by atoms with E-state index in [0.29, 0.717) is 23.3 Å². The van der Waals surface area contributed by atoms with E-state index in [2.05, 4.69) is 19.9 Å². The maximum absolute atomic E-state index is 11.6. The minimum absolute atomic E-state index is 0.0898. The van der Waals surface area contributed by atoms with Crippen LogP contribution in [0.3, 0.4) is 0 Å². The van der Waals surface area contributed by atoms with Crippen LogP contribution in [0.5, 0.6) is 11.6 Å². The van der Waals surface area contributed by atoms with Crippen LogP contribution >= 0.6 is 0 Å². The average Bonchev–Trinajstić information content (AvgIpc) is 3.35. The molecule has 0 bridgehead atoms. The molecule has 0 radical (unpaired) electrons. The van der Waals surface area contributed by atoms with E-state index < -0.39 is 5.97 Å². The van der Waals surface area contributed by atoms with Crippen molar-refractivity contribution in [3.05, 3.63) is 60.2 Å². The van der Waals surface area contributed by atoms with Gasteiger partial charge in [-0.05, 0) is 17.7 Å². The van der Waals surface area contributed by atoms with Crippen LogP contribution in [0.25, 0.3) is 16.8 Å². The van der Waals surface area contributed by atoms with Crippen LogP contribution in [0, 0.1) is 0 Å². The van der Waals surface area contributed by atoms with Gasteiger partial charge in [0.15, 0.2) is 5.69 Å². The quantitative estimate of drug-likeness (QED) is 0.530. The van der Waals surface area contributed by atoms with Crippen LogP contribution in [-0.4, -0.2) is 49.7 Å². The summed E-state index contributed by atoms with van der Waals surface area (Å²) in [7, 11) is 2.90. The molecule has 4 aromatic rings. The third-order valence-corrected chi connectivity index (χ3v) is 4.26. The Morgan fingerprint density at radius 2 is 1.96 bits per heavy atom. The molecular weight excluding hydrogens is 362 g/mol. The zero-order valence-electron chi connectivity index (χ0n) is 15.2. The Morgan fingerprint density at radius 3 is 2.68 bits per heavy atom. The topological polar surface area (TPSA) is 104 Å². The standard InChI is InChI=1S/C19H17N5O4/c1-27-14-5-3-12(4-6-14)9-23-10-13(8-20-23)16-11-24-17(18(25)21-16)7-15(22-24)19(26)28-2/h3-8,10-11H,9H2,1-2H3,(H,21,25). The van der Waals surface area contributed by atoms with Gasteiger partial charge in [0.2, 0.25) is 5.88 Å². The summed E-state index contributed by atoms with van der Waals surface area (Å²) in [5.74, 6) is -0.0246. The van der Waals surface area contributed by atoms with Crippen LogP contribution in [0.1, 0.15) is 16.1 Å². The second-order valence-corrected chi connectivity index (χ2v) is 6.08. The molecule has 0 spiro atoms. The number of nitrogens with zero attached hydrogens (tertiary/aromatic N) is 5. The molecule has 1 N–H and O–H groups in total. The Balaban J connectivity index is 1.62. The molecule has 0 unspecified atom stereocenters. The number of benzene rings is 1. The number of fused-ring (bicyclic) bond motifs is 1. The lowest BCUT2D eigenvalue weighted by atomic mass is 10.2. The van der Waals surface area contributed by atoms with Crippen molar-refractivity contribution in [3.8, 4) is 22.9 Å². The lowest BCUT2D eigenvalue weighted by molar-refractivity contribution is 0.0593. The number of hydrogen-bond acceptors (Lipinski definition) is 7. The van der Waals surface area contributed by atoms with E-state index in [0.717, 1.165) is 11.3 Å². The number of ether oxygens (including phenoxy) is 2. The molecule has 3 aromatic heterocycles. The van der Waals surface area contributed by atoms with E-state index in [4.69, 9.17) is 4.74 Å². The Labute approximate surface area is 159 Å². The summed E-state index contributed by atoms with van der Waals surface area (Å²) < 4.78 is 13.0. The fraction of sp³-hybridized carbons (Fsp3) is 0.158. The third kappa shape index (κ3) is 3.25. The molecule has 0 aliphatic carbocycles. The number of carbonyl (C=O) groups is 1. The monoisotopic (exact) mass is 379 g/mol. The smallest absolute Gasteiger partial charge is 0.358 e. The number of hydrogen-bond donors (Lipinski definition) is 1. The third-order valence-electron chi connectivity index (χ3n) is 4.26. The van der Waals surface area contributed by atoms with Gasteiger partial charge in [0.05, 0.1) is 38.9 Å². The van der Waals surface area contributed by atoms with E-state index >= 15 is 0 Å². The molecule has 142 valence electrons. The van der Waals surface area contributed by atoms with Crippen molar-refractivity contribution in [2.75, 3.05) is 14.2 Å². The van der Waals surface area contributed by atoms with E-state index in [1.54, 1.807) is 24.2 Å². The summed E-state index contributed by atoms with van der Waals surface area (Å²) in [6.07, 6.45) is 5.10. The summed E-state index contributed by atoms with van der Waals surface area (Å²) in [6.45, 7) is 0.576. The predicted molar refractivity (Wildman–Crippen MR) is 99.3 cm³/mol. The normalized spacial score (nSPS) is 10.9. The second-order valence-electron chi connectivity index (χ2n) is 6.08. The molecule has 0 aliphatic rings. The van der Waals surface area contributed by atoms with Crippen LogP contribution in [0.4, 0.5) is 0 Å². The Morgan fingerprint density at radius 1 is 1.18 bits per heavy atom. The summed E-state index contributed by atoms with van der Waals surface area (Å²) in [6, 6.07) is 9.14. The van der Waals surface area contributed by atoms with Crippen LogP contribution in [0.2, 0.25) is 0 Å². The lowest BCUT2D eigenvalue weighted by Gasteiger charge is -2.04. The molecule has 1 aromatic carbocycles. The molecule has 0 amide bonds. The molecule has 0 fully saturated rings.